The predicted molar refractivity (Wildman–Crippen MR) is 70.9 cm³/mol. The summed E-state index contributed by atoms with van der Waals surface area (Å²) < 4.78 is 5.21. The van der Waals surface area contributed by atoms with Gasteiger partial charge in [-0.15, -0.1) is 0 Å². The van der Waals surface area contributed by atoms with Crippen LogP contribution >= 0.6 is 0 Å². The molecular weight excluding hydrogens is 210 g/mol. The molecule has 17 heavy (non-hydrogen) atoms. The van der Waals surface area contributed by atoms with Gasteiger partial charge in [0.05, 0.1) is 12.5 Å². The van der Waals surface area contributed by atoms with Crippen molar-refractivity contribution >= 4 is 0 Å². The zero-order chi connectivity index (χ0) is 11.9. The van der Waals surface area contributed by atoms with Crippen LogP contribution in [0.2, 0.25) is 0 Å². The van der Waals surface area contributed by atoms with Crippen molar-refractivity contribution < 1.29 is 4.42 Å². The Hall–Kier alpha value is -0.760. The molecule has 2 heteroatoms. The zero-order valence-electron chi connectivity index (χ0n) is 11.0. The van der Waals surface area contributed by atoms with Crippen LogP contribution < -0.4 is 5.32 Å². The Balaban J connectivity index is 1.82. The van der Waals surface area contributed by atoms with Gasteiger partial charge in [0.2, 0.25) is 0 Å². The van der Waals surface area contributed by atoms with E-state index in [-0.39, 0.29) is 0 Å². The van der Waals surface area contributed by atoms with Crippen LogP contribution in [0, 0.1) is 5.92 Å². The molecule has 1 saturated carbocycles. The van der Waals surface area contributed by atoms with Crippen LogP contribution in [0.25, 0.3) is 0 Å². The van der Waals surface area contributed by atoms with E-state index in [1.165, 1.54) is 50.5 Å². The normalized spacial score (nSPS) is 18.6. The lowest BCUT2D eigenvalue weighted by Crippen LogP contribution is -2.22. The van der Waals surface area contributed by atoms with E-state index < -0.39 is 0 Å². The summed E-state index contributed by atoms with van der Waals surface area (Å²) in [5, 5.41) is 3.64. The van der Waals surface area contributed by atoms with E-state index in [9.17, 15) is 0 Å². The highest BCUT2D eigenvalue weighted by atomic mass is 16.3. The number of furan rings is 1. The zero-order valence-corrected chi connectivity index (χ0v) is 11.0. The highest BCUT2D eigenvalue weighted by Gasteiger charge is 2.18. The fourth-order valence-electron chi connectivity index (χ4n) is 2.88. The van der Waals surface area contributed by atoms with Gasteiger partial charge in [-0.3, -0.25) is 0 Å². The molecule has 0 spiro atoms. The molecule has 1 unspecified atom stereocenters. The second kappa shape index (κ2) is 6.85. The molecule has 1 aliphatic carbocycles. The Kier molecular flexibility index (Phi) is 5.11. The Labute approximate surface area is 105 Å². The maximum absolute atomic E-state index is 5.21. The van der Waals surface area contributed by atoms with Crippen molar-refractivity contribution in [3.8, 4) is 0 Å². The lowest BCUT2D eigenvalue weighted by atomic mass is 9.96. The van der Waals surface area contributed by atoms with Gasteiger partial charge in [-0.2, -0.15) is 0 Å². The largest absolute Gasteiger partial charge is 0.472 e. The monoisotopic (exact) mass is 235 g/mol. The fourth-order valence-corrected chi connectivity index (χ4v) is 2.88. The minimum Gasteiger partial charge on any atom is -0.472 e. The van der Waals surface area contributed by atoms with Crippen LogP contribution in [-0.2, 0) is 0 Å². The quantitative estimate of drug-likeness (QED) is 0.762. The summed E-state index contributed by atoms with van der Waals surface area (Å²) in [4.78, 5) is 0. The van der Waals surface area contributed by atoms with E-state index >= 15 is 0 Å². The summed E-state index contributed by atoms with van der Waals surface area (Å²) in [5.74, 6) is 0.979. The third kappa shape index (κ3) is 3.88. The van der Waals surface area contributed by atoms with Gasteiger partial charge in [0, 0.05) is 11.6 Å². The Morgan fingerprint density at radius 1 is 1.41 bits per heavy atom. The molecule has 0 bridgehead atoms. The number of hydrogen-bond acceptors (Lipinski definition) is 2. The molecule has 2 nitrogen and oxygen atoms in total. The third-order valence-corrected chi connectivity index (χ3v) is 3.92. The van der Waals surface area contributed by atoms with E-state index in [0.717, 1.165) is 12.5 Å². The second-order valence-electron chi connectivity index (χ2n) is 5.29. The first-order chi connectivity index (χ1) is 8.40. The average Bonchev–Trinajstić information content (AvgIpc) is 3.01. The van der Waals surface area contributed by atoms with Crippen LogP contribution in [0.1, 0.15) is 63.5 Å². The molecule has 1 aromatic heterocycles. The molecule has 0 amide bonds. The van der Waals surface area contributed by atoms with Gasteiger partial charge in [-0.1, -0.05) is 32.6 Å². The van der Waals surface area contributed by atoms with E-state index in [1.807, 2.05) is 6.26 Å². The Bertz CT molecular complexity index is 288. The smallest absolute Gasteiger partial charge is 0.0950 e. The van der Waals surface area contributed by atoms with Crippen LogP contribution in [0.15, 0.2) is 23.0 Å². The molecule has 1 N–H and O–H groups in total. The summed E-state index contributed by atoms with van der Waals surface area (Å²) >= 11 is 0. The van der Waals surface area contributed by atoms with E-state index in [2.05, 4.69) is 18.3 Å². The van der Waals surface area contributed by atoms with Gasteiger partial charge in [0.1, 0.15) is 0 Å². The molecule has 1 heterocycles. The van der Waals surface area contributed by atoms with Gasteiger partial charge in [0.15, 0.2) is 0 Å². The number of nitrogens with one attached hydrogen (secondary N) is 1. The Morgan fingerprint density at radius 3 is 2.88 bits per heavy atom. The lowest BCUT2D eigenvalue weighted by molar-refractivity contribution is 0.409. The SMILES string of the molecule is CCCNC(CCC1CCCC1)c1ccoc1. The van der Waals surface area contributed by atoms with Crippen molar-refractivity contribution in [1.82, 2.24) is 5.32 Å². The first-order valence-electron chi connectivity index (χ1n) is 7.15. The first-order valence-corrected chi connectivity index (χ1v) is 7.15. The Morgan fingerprint density at radius 2 is 2.24 bits per heavy atom. The van der Waals surface area contributed by atoms with E-state index in [0.29, 0.717) is 6.04 Å². The third-order valence-electron chi connectivity index (χ3n) is 3.92. The second-order valence-corrected chi connectivity index (χ2v) is 5.29. The highest BCUT2D eigenvalue weighted by Crippen LogP contribution is 2.31. The molecule has 0 saturated heterocycles. The predicted octanol–water partition coefficient (Wildman–Crippen LogP) is 4.29. The van der Waals surface area contributed by atoms with Crippen LogP contribution in [0.3, 0.4) is 0 Å². The summed E-state index contributed by atoms with van der Waals surface area (Å²) in [6.07, 6.45) is 13.3. The van der Waals surface area contributed by atoms with Gasteiger partial charge in [0.25, 0.3) is 0 Å². The highest BCUT2D eigenvalue weighted by molar-refractivity contribution is 5.11. The summed E-state index contributed by atoms with van der Waals surface area (Å²) in [5.41, 5.74) is 1.32. The van der Waals surface area contributed by atoms with Gasteiger partial charge in [-0.25, -0.2) is 0 Å². The van der Waals surface area contributed by atoms with Crippen LogP contribution in [0.4, 0.5) is 0 Å². The standard InChI is InChI=1S/C15H25NO/c1-2-10-16-15(14-9-11-17-12-14)8-7-13-5-3-4-6-13/h9,11-13,15-16H,2-8,10H2,1H3. The molecule has 1 aromatic rings. The van der Waals surface area contributed by atoms with Crippen LogP contribution in [0.5, 0.6) is 0 Å². The van der Waals surface area contributed by atoms with Gasteiger partial charge in [-0.05, 0) is 37.8 Å². The van der Waals surface area contributed by atoms with Crippen molar-refractivity contribution in [2.45, 2.75) is 57.9 Å². The molecular formula is C15H25NO. The minimum absolute atomic E-state index is 0.495. The van der Waals surface area contributed by atoms with Crippen molar-refractivity contribution in [2.24, 2.45) is 5.92 Å². The summed E-state index contributed by atoms with van der Waals surface area (Å²) in [6.45, 7) is 3.32. The molecule has 1 fully saturated rings. The maximum Gasteiger partial charge on any atom is 0.0950 e. The number of hydrogen-bond donors (Lipinski definition) is 1. The molecule has 1 atom stereocenters. The molecule has 2 rings (SSSR count). The fraction of sp³-hybridized carbons (Fsp3) is 0.733. The summed E-state index contributed by atoms with van der Waals surface area (Å²) in [6, 6.07) is 2.59. The maximum atomic E-state index is 5.21. The van der Waals surface area contributed by atoms with Crippen molar-refractivity contribution in [3.63, 3.8) is 0 Å². The average molecular weight is 235 g/mol. The van der Waals surface area contributed by atoms with Crippen LogP contribution in [-0.4, -0.2) is 6.54 Å². The molecule has 0 aromatic carbocycles. The minimum atomic E-state index is 0.495. The molecule has 1 aliphatic rings. The van der Waals surface area contributed by atoms with Crippen molar-refractivity contribution in [3.05, 3.63) is 24.2 Å². The molecule has 0 aliphatic heterocycles. The van der Waals surface area contributed by atoms with E-state index in [4.69, 9.17) is 4.42 Å². The van der Waals surface area contributed by atoms with Crippen molar-refractivity contribution in [1.29, 1.82) is 0 Å². The van der Waals surface area contributed by atoms with Gasteiger partial charge >= 0.3 is 0 Å². The lowest BCUT2D eigenvalue weighted by Gasteiger charge is -2.19. The molecule has 96 valence electrons. The number of rotatable bonds is 7. The summed E-state index contributed by atoms with van der Waals surface area (Å²) in [7, 11) is 0. The first kappa shape index (κ1) is 12.7. The molecule has 0 radical (unpaired) electrons. The van der Waals surface area contributed by atoms with Gasteiger partial charge < -0.3 is 9.73 Å². The topological polar surface area (TPSA) is 25.2 Å². The van der Waals surface area contributed by atoms with E-state index in [1.54, 1.807) is 6.26 Å². The van der Waals surface area contributed by atoms with Crippen molar-refractivity contribution in [2.75, 3.05) is 6.54 Å².